The van der Waals surface area contributed by atoms with Gasteiger partial charge in [0.15, 0.2) is 5.58 Å². The zero-order valence-corrected chi connectivity index (χ0v) is 29.6. The van der Waals surface area contributed by atoms with Gasteiger partial charge < -0.3 is 13.7 Å². The second-order valence-corrected chi connectivity index (χ2v) is 15.0. The fraction of sp³-hybridized carbons (Fsp3) is 0. The lowest BCUT2D eigenvalue weighted by molar-refractivity contribution is 0.623. The Labute approximate surface area is 312 Å². The zero-order chi connectivity index (χ0) is 35.3. The van der Waals surface area contributed by atoms with Gasteiger partial charge in [-0.15, -0.1) is 11.3 Å². The van der Waals surface area contributed by atoms with Crippen LogP contribution in [0.2, 0.25) is 0 Å². The number of aromatic nitrogens is 1. The molecule has 0 saturated carbocycles. The van der Waals surface area contributed by atoms with Gasteiger partial charge >= 0.3 is 0 Å². The second kappa shape index (κ2) is 11.3. The van der Waals surface area contributed by atoms with E-state index >= 15 is 0 Å². The highest BCUT2D eigenvalue weighted by molar-refractivity contribution is 7.26. The molecule has 0 amide bonds. The number of hydrogen-bond donors (Lipinski definition) is 0. The predicted octanol–water partition coefficient (Wildman–Crippen LogP) is 14.7. The smallest absolute Gasteiger partial charge is 0.228 e. The number of fused-ring (bicyclic) bond motifs is 12. The monoisotopic (exact) mass is 708 g/mol. The van der Waals surface area contributed by atoms with Gasteiger partial charge in [-0.3, -0.25) is 0 Å². The molecule has 0 bridgehead atoms. The lowest BCUT2D eigenvalue weighted by atomic mass is 10.0. The van der Waals surface area contributed by atoms with E-state index in [0.29, 0.717) is 5.89 Å². The van der Waals surface area contributed by atoms with Crippen molar-refractivity contribution in [2.75, 3.05) is 4.90 Å². The van der Waals surface area contributed by atoms with Crippen LogP contribution in [0.5, 0.6) is 0 Å². The number of hydrogen-bond acceptors (Lipinski definition) is 5. The summed E-state index contributed by atoms with van der Waals surface area (Å²) in [7, 11) is 0. The maximum absolute atomic E-state index is 6.65. The molecule has 0 fully saturated rings. The van der Waals surface area contributed by atoms with Crippen LogP contribution in [0.4, 0.5) is 17.1 Å². The van der Waals surface area contributed by atoms with E-state index in [9.17, 15) is 0 Å². The van der Waals surface area contributed by atoms with Crippen LogP contribution in [0.1, 0.15) is 0 Å². The first-order valence-electron chi connectivity index (χ1n) is 18.1. The summed E-state index contributed by atoms with van der Waals surface area (Å²) in [6.07, 6.45) is 0. The lowest BCUT2D eigenvalue weighted by Crippen LogP contribution is -2.09. The van der Waals surface area contributed by atoms with Crippen LogP contribution >= 0.6 is 11.3 Å². The van der Waals surface area contributed by atoms with Crippen LogP contribution < -0.4 is 4.90 Å². The molecule has 0 N–H and O–H groups in total. The first-order valence-corrected chi connectivity index (χ1v) is 18.9. The average molecular weight is 709 g/mol. The number of benzene rings is 9. The van der Waals surface area contributed by atoms with Gasteiger partial charge in [-0.25, -0.2) is 4.98 Å². The molecule has 12 aromatic rings. The largest absolute Gasteiger partial charge is 0.456 e. The van der Waals surface area contributed by atoms with Crippen molar-refractivity contribution in [1.82, 2.24) is 4.98 Å². The minimum atomic E-state index is 0.584. The zero-order valence-electron chi connectivity index (χ0n) is 28.8. The van der Waals surface area contributed by atoms with Gasteiger partial charge in [0.25, 0.3) is 0 Å². The minimum absolute atomic E-state index is 0.584. The van der Waals surface area contributed by atoms with E-state index in [1.165, 1.54) is 41.7 Å². The SMILES string of the molecule is c1ccc2cc(N(c3ccc4c(c3)oc3cccc(-c5nc6ccc7ccccc7c6o5)c34)c3ccc4c(c3)sc3ccc5ccccc5c34)ccc2c1. The third kappa shape index (κ3) is 4.39. The Morgan fingerprint density at radius 2 is 1.11 bits per heavy atom. The molecule has 54 heavy (non-hydrogen) atoms. The van der Waals surface area contributed by atoms with Gasteiger partial charge in [-0.1, -0.05) is 103 Å². The van der Waals surface area contributed by atoms with E-state index in [1.807, 2.05) is 41.7 Å². The standard InChI is InChI=1S/C49H28N2O2S/c1-2-11-32-26-33(19-16-29(32)8-1)51(35-21-23-39-45(28-35)54-44-25-18-30-9-3-5-12-36(30)47(39)44)34-20-22-38-43(27-34)52-42-15-7-14-40(46(38)42)49-50-41-24-17-31-10-4-6-13-37(31)48(41)53-49/h1-28H. The third-order valence-corrected chi connectivity index (χ3v) is 12.0. The van der Waals surface area contributed by atoms with Crippen molar-refractivity contribution in [3.05, 3.63) is 170 Å². The fourth-order valence-corrected chi connectivity index (χ4v) is 9.49. The average Bonchev–Trinajstić information content (AvgIpc) is 3.94. The topological polar surface area (TPSA) is 42.4 Å². The highest BCUT2D eigenvalue weighted by Gasteiger charge is 2.21. The summed E-state index contributed by atoms with van der Waals surface area (Å²) in [5.41, 5.74) is 7.32. The van der Waals surface area contributed by atoms with Crippen molar-refractivity contribution in [2.45, 2.75) is 0 Å². The van der Waals surface area contributed by atoms with Crippen LogP contribution in [0.25, 0.3) is 97.0 Å². The van der Waals surface area contributed by atoms with E-state index in [-0.39, 0.29) is 0 Å². The summed E-state index contributed by atoms with van der Waals surface area (Å²) in [4.78, 5) is 7.30. The molecule has 3 heterocycles. The Morgan fingerprint density at radius 3 is 2.00 bits per heavy atom. The van der Waals surface area contributed by atoms with Crippen molar-refractivity contribution in [3.63, 3.8) is 0 Å². The van der Waals surface area contributed by atoms with Gasteiger partial charge in [-0.05, 0) is 87.6 Å². The van der Waals surface area contributed by atoms with Gasteiger partial charge in [0.2, 0.25) is 5.89 Å². The van der Waals surface area contributed by atoms with Gasteiger partial charge in [0.05, 0.1) is 0 Å². The molecule has 0 aliphatic rings. The van der Waals surface area contributed by atoms with Crippen LogP contribution in [-0.4, -0.2) is 4.98 Å². The molecule has 3 aromatic heterocycles. The van der Waals surface area contributed by atoms with Crippen molar-refractivity contribution >= 4 is 114 Å². The molecule has 0 saturated heterocycles. The molecule has 0 spiro atoms. The second-order valence-electron chi connectivity index (χ2n) is 13.9. The molecule has 0 radical (unpaired) electrons. The van der Waals surface area contributed by atoms with Crippen molar-refractivity contribution in [2.24, 2.45) is 0 Å². The summed E-state index contributed by atoms with van der Waals surface area (Å²) in [6.45, 7) is 0. The molecule has 252 valence electrons. The van der Waals surface area contributed by atoms with Crippen LogP contribution in [-0.2, 0) is 0 Å². The fourth-order valence-electron chi connectivity index (χ4n) is 8.34. The molecular formula is C49H28N2O2S. The van der Waals surface area contributed by atoms with E-state index in [0.717, 1.165) is 66.4 Å². The van der Waals surface area contributed by atoms with Crippen LogP contribution in [0, 0.1) is 0 Å². The van der Waals surface area contributed by atoms with Crippen molar-refractivity contribution in [3.8, 4) is 11.5 Å². The summed E-state index contributed by atoms with van der Waals surface area (Å²) < 4.78 is 15.7. The Morgan fingerprint density at radius 1 is 0.426 bits per heavy atom. The Kier molecular flexibility index (Phi) is 6.18. The third-order valence-electron chi connectivity index (χ3n) is 10.8. The van der Waals surface area contributed by atoms with Crippen LogP contribution in [0.3, 0.4) is 0 Å². The predicted molar refractivity (Wildman–Crippen MR) is 227 cm³/mol. The Balaban J connectivity index is 1.04. The molecule has 9 aromatic carbocycles. The highest BCUT2D eigenvalue weighted by atomic mass is 32.1. The summed E-state index contributed by atoms with van der Waals surface area (Å²) in [6, 6.07) is 60.3. The van der Waals surface area contributed by atoms with Crippen molar-refractivity contribution < 1.29 is 8.83 Å². The van der Waals surface area contributed by atoms with Gasteiger partial charge in [0.1, 0.15) is 16.7 Å². The first-order chi connectivity index (χ1) is 26.7. The maximum Gasteiger partial charge on any atom is 0.228 e. The van der Waals surface area contributed by atoms with Crippen molar-refractivity contribution in [1.29, 1.82) is 0 Å². The molecule has 0 unspecified atom stereocenters. The normalized spacial score (nSPS) is 12.1. The van der Waals surface area contributed by atoms with Gasteiger partial charge in [0, 0.05) is 65.0 Å². The molecule has 4 nitrogen and oxygen atoms in total. The molecule has 5 heteroatoms. The summed E-state index contributed by atoms with van der Waals surface area (Å²) in [5, 5.41) is 11.7. The molecular weight excluding hydrogens is 681 g/mol. The number of furan rings is 1. The first kappa shape index (κ1) is 29.6. The van der Waals surface area contributed by atoms with E-state index < -0.39 is 0 Å². The maximum atomic E-state index is 6.65. The molecule has 12 rings (SSSR count). The van der Waals surface area contributed by atoms with E-state index in [2.05, 4.69) is 144 Å². The summed E-state index contributed by atoms with van der Waals surface area (Å²) in [5.74, 6) is 0.584. The number of nitrogens with zero attached hydrogens (tertiary/aromatic N) is 2. The van der Waals surface area contributed by atoms with E-state index in [4.69, 9.17) is 13.8 Å². The minimum Gasteiger partial charge on any atom is -0.456 e. The number of thiophene rings is 1. The quantitative estimate of drug-likeness (QED) is 0.183. The molecule has 0 atom stereocenters. The van der Waals surface area contributed by atoms with Crippen LogP contribution in [0.15, 0.2) is 179 Å². The Bertz CT molecular complexity index is 3480. The lowest BCUT2D eigenvalue weighted by Gasteiger charge is -2.26. The number of anilines is 3. The highest BCUT2D eigenvalue weighted by Crippen LogP contribution is 2.45. The van der Waals surface area contributed by atoms with E-state index in [1.54, 1.807) is 0 Å². The van der Waals surface area contributed by atoms with Gasteiger partial charge in [-0.2, -0.15) is 0 Å². The number of oxazole rings is 1. The summed E-state index contributed by atoms with van der Waals surface area (Å²) >= 11 is 1.85. The molecule has 0 aliphatic carbocycles. The number of rotatable bonds is 4. The molecule has 0 aliphatic heterocycles. The Hall–Kier alpha value is -6.95.